The molecule has 0 aromatic heterocycles. The molecule has 1 heteroatoms. The van der Waals surface area contributed by atoms with Crippen molar-refractivity contribution in [3.63, 3.8) is 0 Å². The van der Waals surface area contributed by atoms with E-state index in [2.05, 4.69) is 36.4 Å². The van der Waals surface area contributed by atoms with Crippen LogP contribution in [0.3, 0.4) is 0 Å². The molecule has 0 bridgehead atoms. The molecule has 0 nitrogen and oxygen atoms in total. The lowest BCUT2D eigenvalue weighted by Gasteiger charge is -2.13. The van der Waals surface area contributed by atoms with E-state index in [4.69, 9.17) is 0 Å². The maximum absolute atomic E-state index is 2.72. The number of alkyl halides is 1. The first-order valence-corrected chi connectivity index (χ1v) is 7.14. The summed E-state index contributed by atoms with van der Waals surface area (Å²) in [5.74, 6) is 4.55. The third-order valence-electron chi connectivity index (χ3n) is 5.18. The van der Waals surface area contributed by atoms with Gasteiger partial charge in [0.25, 0.3) is 0 Å². The Morgan fingerprint density at radius 2 is 1.85 bits per heavy atom. The van der Waals surface area contributed by atoms with Gasteiger partial charge in [0.1, 0.15) is 0 Å². The van der Waals surface area contributed by atoms with Crippen LogP contribution in [-0.4, -0.2) is 3.92 Å². The molecular weight excluding hydrogens is 271 g/mol. The lowest BCUT2D eigenvalue weighted by molar-refractivity contribution is 0.383. The highest BCUT2D eigenvalue weighted by Gasteiger charge is 2.75. The lowest BCUT2D eigenvalue weighted by Crippen LogP contribution is -2.07. The van der Waals surface area contributed by atoms with Gasteiger partial charge in [0.15, 0.2) is 0 Å². The molecule has 1 spiro atoms. The number of hydrogen-bond donors (Lipinski definition) is 0. The average Bonchev–Trinajstić information content (AvgIpc) is 2.93. The Hall–Kier alpha value is 0.730. The van der Waals surface area contributed by atoms with Crippen molar-refractivity contribution >= 4 is 22.6 Å². The lowest BCUT2D eigenvalue weighted by atomic mass is 9.94. The molecular formula is C12H19I. The van der Waals surface area contributed by atoms with E-state index in [1.54, 1.807) is 12.8 Å². The van der Waals surface area contributed by atoms with E-state index >= 15 is 0 Å². The van der Waals surface area contributed by atoms with Crippen LogP contribution >= 0.6 is 22.6 Å². The van der Waals surface area contributed by atoms with Crippen LogP contribution < -0.4 is 0 Å². The molecule has 3 aliphatic carbocycles. The summed E-state index contributed by atoms with van der Waals surface area (Å²) in [4.78, 5) is 0. The summed E-state index contributed by atoms with van der Waals surface area (Å²) in [7, 11) is 0. The number of halogens is 1. The maximum atomic E-state index is 2.72. The van der Waals surface area contributed by atoms with Crippen LogP contribution in [0.25, 0.3) is 0 Å². The Morgan fingerprint density at radius 1 is 1.23 bits per heavy atom. The van der Waals surface area contributed by atoms with Crippen molar-refractivity contribution in [2.24, 2.45) is 29.1 Å². The Morgan fingerprint density at radius 3 is 2.15 bits per heavy atom. The van der Waals surface area contributed by atoms with Crippen molar-refractivity contribution in [3.05, 3.63) is 0 Å². The zero-order valence-electron chi connectivity index (χ0n) is 8.59. The first-order valence-electron chi connectivity index (χ1n) is 5.89. The number of hydrogen-bond acceptors (Lipinski definition) is 0. The monoisotopic (exact) mass is 290 g/mol. The molecule has 3 fully saturated rings. The zero-order valence-corrected chi connectivity index (χ0v) is 10.8. The predicted octanol–water partition coefficient (Wildman–Crippen LogP) is 3.88. The fourth-order valence-electron chi connectivity index (χ4n) is 4.68. The van der Waals surface area contributed by atoms with E-state index < -0.39 is 0 Å². The van der Waals surface area contributed by atoms with Crippen LogP contribution in [0.4, 0.5) is 0 Å². The van der Waals surface area contributed by atoms with Crippen molar-refractivity contribution < 1.29 is 0 Å². The molecule has 0 N–H and O–H groups in total. The van der Waals surface area contributed by atoms with Crippen molar-refractivity contribution in [2.45, 2.75) is 43.5 Å². The standard InChI is InChI=1S/C12H19I/c1-3-8-9(4-2)12(8)6-11(13)7-5-10(7)12/h7-11H,3-6H2,1-2H3/t7?,8-,9+,10-,11?,12?/m0/s1. The molecule has 13 heavy (non-hydrogen) atoms. The zero-order chi connectivity index (χ0) is 9.22. The fraction of sp³-hybridized carbons (Fsp3) is 1.00. The van der Waals surface area contributed by atoms with Crippen LogP contribution in [0, 0.1) is 29.1 Å². The van der Waals surface area contributed by atoms with Crippen LogP contribution in [-0.2, 0) is 0 Å². The summed E-state index contributed by atoms with van der Waals surface area (Å²) in [5, 5.41) is 0. The largest absolute Gasteiger partial charge is 0.0823 e. The second-order valence-electron chi connectivity index (χ2n) is 5.37. The molecule has 3 saturated carbocycles. The molecule has 0 aromatic rings. The first kappa shape index (κ1) is 8.99. The van der Waals surface area contributed by atoms with Gasteiger partial charge in [-0.05, 0) is 41.9 Å². The Balaban J connectivity index is 1.84. The van der Waals surface area contributed by atoms with Crippen molar-refractivity contribution in [1.82, 2.24) is 0 Å². The summed E-state index contributed by atoms with van der Waals surface area (Å²) in [6.07, 6.45) is 6.05. The van der Waals surface area contributed by atoms with E-state index in [0.717, 1.165) is 27.1 Å². The Kier molecular flexibility index (Phi) is 1.83. The SMILES string of the molecule is CC[C@@H]1[C@H](CC)C12CC(I)C1C[C@@H]12. The topological polar surface area (TPSA) is 0 Å². The molecule has 74 valence electrons. The quantitative estimate of drug-likeness (QED) is 0.535. The highest BCUT2D eigenvalue weighted by atomic mass is 127. The fourth-order valence-corrected chi connectivity index (χ4v) is 6.24. The molecule has 3 unspecified atom stereocenters. The molecule has 0 heterocycles. The summed E-state index contributed by atoms with van der Waals surface area (Å²) >= 11 is 2.72. The maximum Gasteiger partial charge on any atom is 0.0146 e. The first-order chi connectivity index (χ1) is 6.25. The number of rotatable bonds is 2. The van der Waals surface area contributed by atoms with Gasteiger partial charge in [-0.1, -0.05) is 49.3 Å². The Bertz CT molecular complexity index is 225. The van der Waals surface area contributed by atoms with Gasteiger partial charge < -0.3 is 0 Å². The van der Waals surface area contributed by atoms with Gasteiger partial charge >= 0.3 is 0 Å². The van der Waals surface area contributed by atoms with E-state index in [0.29, 0.717) is 0 Å². The van der Waals surface area contributed by atoms with Crippen molar-refractivity contribution in [1.29, 1.82) is 0 Å². The van der Waals surface area contributed by atoms with Crippen LogP contribution in [0.15, 0.2) is 0 Å². The molecule has 3 aliphatic rings. The van der Waals surface area contributed by atoms with E-state index in [9.17, 15) is 0 Å². The smallest absolute Gasteiger partial charge is 0.0146 e. The van der Waals surface area contributed by atoms with E-state index in [1.807, 2.05) is 0 Å². The normalized spacial score (nSPS) is 62.5. The minimum absolute atomic E-state index is 0.875. The van der Waals surface area contributed by atoms with Crippen LogP contribution in [0.2, 0.25) is 0 Å². The summed E-state index contributed by atoms with van der Waals surface area (Å²) in [6.45, 7) is 4.81. The summed E-state index contributed by atoms with van der Waals surface area (Å²) in [6, 6.07) is 0. The predicted molar refractivity (Wildman–Crippen MR) is 64.0 cm³/mol. The van der Waals surface area contributed by atoms with Crippen LogP contribution in [0.1, 0.15) is 39.5 Å². The van der Waals surface area contributed by atoms with Crippen molar-refractivity contribution in [3.8, 4) is 0 Å². The van der Waals surface area contributed by atoms with Gasteiger partial charge in [0.05, 0.1) is 0 Å². The number of fused-ring (bicyclic) bond motifs is 2. The highest BCUT2D eigenvalue weighted by molar-refractivity contribution is 14.1. The van der Waals surface area contributed by atoms with Gasteiger partial charge in [-0.3, -0.25) is 0 Å². The molecule has 0 saturated heterocycles. The average molecular weight is 290 g/mol. The molecule has 0 amide bonds. The van der Waals surface area contributed by atoms with E-state index in [-0.39, 0.29) is 0 Å². The molecule has 0 radical (unpaired) electrons. The van der Waals surface area contributed by atoms with Crippen molar-refractivity contribution in [2.75, 3.05) is 0 Å². The molecule has 0 aliphatic heterocycles. The van der Waals surface area contributed by atoms with Gasteiger partial charge in [0, 0.05) is 3.92 Å². The highest BCUT2D eigenvalue weighted by Crippen LogP contribution is 2.81. The van der Waals surface area contributed by atoms with Crippen LogP contribution in [0.5, 0.6) is 0 Å². The minimum atomic E-state index is 0.875. The van der Waals surface area contributed by atoms with E-state index in [1.165, 1.54) is 18.8 Å². The van der Waals surface area contributed by atoms with Gasteiger partial charge in [-0.25, -0.2) is 0 Å². The molecule has 0 aromatic carbocycles. The third-order valence-corrected chi connectivity index (χ3v) is 6.54. The summed E-state index contributed by atoms with van der Waals surface area (Å²) in [5.41, 5.74) is 0.875. The van der Waals surface area contributed by atoms with Gasteiger partial charge in [0.2, 0.25) is 0 Å². The minimum Gasteiger partial charge on any atom is -0.0823 e. The third kappa shape index (κ3) is 0.929. The second kappa shape index (κ2) is 2.65. The Labute approximate surface area is 95.0 Å². The summed E-state index contributed by atoms with van der Waals surface area (Å²) < 4.78 is 1.04. The van der Waals surface area contributed by atoms with Gasteiger partial charge in [-0.15, -0.1) is 0 Å². The van der Waals surface area contributed by atoms with Gasteiger partial charge in [-0.2, -0.15) is 0 Å². The molecule has 3 rings (SSSR count). The molecule has 6 atom stereocenters. The second-order valence-corrected chi connectivity index (χ2v) is 6.97.